The topological polar surface area (TPSA) is 53.6 Å². The molecule has 1 aliphatic carbocycles. The van der Waals surface area contributed by atoms with Gasteiger partial charge < -0.3 is 5.32 Å². The lowest BCUT2D eigenvalue weighted by Crippen LogP contribution is -2.15. The van der Waals surface area contributed by atoms with Crippen LogP contribution in [-0.4, -0.2) is 15.8 Å². The second-order valence-corrected chi connectivity index (χ2v) is 5.46. The Labute approximate surface area is 119 Å². The average molecular weight is 266 g/mol. The van der Waals surface area contributed by atoms with E-state index in [4.69, 9.17) is 0 Å². The summed E-state index contributed by atoms with van der Waals surface area (Å²) in [4.78, 5) is 0. The van der Waals surface area contributed by atoms with Gasteiger partial charge in [0.2, 0.25) is 0 Å². The maximum absolute atomic E-state index is 9.38. The van der Waals surface area contributed by atoms with Crippen LogP contribution in [0.5, 0.6) is 0 Å². The monoisotopic (exact) mass is 266 g/mol. The molecular formula is C16H18N4. The zero-order valence-corrected chi connectivity index (χ0v) is 11.8. The van der Waals surface area contributed by atoms with Crippen LogP contribution in [0.2, 0.25) is 0 Å². The van der Waals surface area contributed by atoms with Crippen molar-refractivity contribution in [1.29, 1.82) is 5.26 Å². The molecule has 1 aromatic carbocycles. The lowest BCUT2D eigenvalue weighted by atomic mass is 10.1. The Balaban J connectivity index is 1.91. The van der Waals surface area contributed by atoms with Gasteiger partial charge in [0.1, 0.15) is 6.07 Å². The molecule has 4 nitrogen and oxygen atoms in total. The molecule has 102 valence electrons. The Morgan fingerprint density at radius 2 is 2.15 bits per heavy atom. The number of nitrogens with zero attached hydrogens (tertiary/aromatic N) is 3. The first-order valence-electron chi connectivity index (χ1n) is 6.97. The van der Waals surface area contributed by atoms with Gasteiger partial charge in [-0.2, -0.15) is 10.4 Å². The summed E-state index contributed by atoms with van der Waals surface area (Å²) in [6.07, 6.45) is 2.55. The Bertz CT molecular complexity index is 674. The lowest BCUT2D eigenvalue weighted by Gasteiger charge is -2.09. The summed E-state index contributed by atoms with van der Waals surface area (Å²) < 4.78 is 1.84. The zero-order valence-electron chi connectivity index (χ0n) is 11.8. The number of nitriles is 1. The SMILES string of the molecule is Cc1cc(C)n(-c2ccc(CNC3CC3)cc2C#N)n1. The molecule has 2 aromatic rings. The molecule has 1 N–H and O–H groups in total. The average Bonchev–Trinajstić information content (AvgIpc) is 3.21. The minimum absolute atomic E-state index is 0.672. The van der Waals surface area contributed by atoms with Gasteiger partial charge in [-0.25, -0.2) is 4.68 Å². The second-order valence-electron chi connectivity index (χ2n) is 5.46. The summed E-state index contributed by atoms with van der Waals surface area (Å²) in [5.41, 5.74) is 4.69. The van der Waals surface area contributed by atoms with Gasteiger partial charge in [-0.1, -0.05) is 6.07 Å². The highest BCUT2D eigenvalue weighted by Crippen LogP contribution is 2.21. The third kappa shape index (κ3) is 2.59. The van der Waals surface area contributed by atoms with Crippen LogP contribution >= 0.6 is 0 Å². The van der Waals surface area contributed by atoms with Crippen molar-refractivity contribution in [3.8, 4) is 11.8 Å². The van der Waals surface area contributed by atoms with Crippen LogP contribution in [0.4, 0.5) is 0 Å². The maximum Gasteiger partial charge on any atom is 0.101 e. The van der Waals surface area contributed by atoms with Crippen molar-refractivity contribution >= 4 is 0 Å². The number of aromatic nitrogens is 2. The summed E-state index contributed by atoms with van der Waals surface area (Å²) in [5.74, 6) is 0. The normalized spacial score (nSPS) is 14.2. The number of hydrogen-bond acceptors (Lipinski definition) is 3. The van der Waals surface area contributed by atoms with E-state index in [1.54, 1.807) is 0 Å². The zero-order chi connectivity index (χ0) is 14.1. The third-order valence-electron chi connectivity index (χ3n) is 3.59. The molecule has 0 bridgehead atoms. The van der Waals surface area contributed by atoms with E-state index in [-0.39, 0.29) is 0 Å². The van der Waals surface area contributed by atoms with E-state index in [9.17, 15) is 5.26 Å². The fourth-order valence-electron chi connectivity index (χ4n) is 2.39. The maximum atomic E-state index is 9.38. The molecule has 4 heteroatoms. The van der Waals surface area contributed by atoms with E-state index in [0.717, 1.165) is 29.2 Å². The molecule has 0 aliphatic heterocycles. The van der Waals surface area contributed by atoms with Gasteiger partial charge in [-0.05, 0) is 50.5 Å². The first-order valence-corrected chi connectivity index (χ1v) is 6.97. The third-order valence-corrected chi connectivity index (χ3v) is 3.59. The molecule has 1 heterocycles. The van der Waals surface area contributed by atoms with Crippen LogP contribution in [0, 0.1) is 25.2 Å². The lowest BCUT2D eigenvalue weighted by molar-refractivity contribution is 0.687. The van der Waals surface area contributed by atoms with E-state index in [0.29, 0.717) is 11.6 Å². The highest BCUT2D eigenvalue weighted by molar-refractivity contribution is 5.51. The summed E-state index contributed by atoms with van der Waals surface area (Å²) in [6.45, 7) is 4.80. The van der Waals surface area contributed by atoms with Gasteiger partial charge in [0.25, 0.3) is 0 Å². The van der Waals surface area contributed by atoms with Crippen LogP contribution in [-0.2, 0) is 6.54 Å². The van der Waals surface area contributed by atoms with Crippen molar-refractivity contribution in [1.82, 2.24) is 15.1 Å². The van der Waals surface area contributed by atoms with Gasteiger partial charge in [-0.3, -0.25) is 0 Å². The van der Waals surface area contributed by atoms with E-state index >= 15 is 0 Å². The van der Waals surface area contributed by atoms with Crippen molar-refractivity contribution in [3.05, 3.63) is 46.8 Å². The van der Waals surface area contributed by atoms with E-state index in [2.05, 4.69) is 22.6 Å². The number of aryl methyl sites for hydroxylation is 2. The Morgan fingerprint density at radius 1 is 1.35 bits per heavy atom. The number of benzene rings is 1. The van der Waals surface area contributed by atoms with Crippen LogP contribution in [0.1, 0.15) is 35.4 Å². The van der Waals surface area contributed by atoms with Crippen molar-refractivity contribution < 1.29 is 0 Å². The molecule has 0 radical (unpaired) electrons. The molecule has 0 amide bonds. The van der Waals surface area contributed by atoms with Crippen molar-refractivity contribution in [2.75, 3.05) is 0 Å². The molecule has 20 heavy (non-hydrogen) atoms. The fraction of sp³-hybridized carbons (Fsp3) is 0.375. The Hall–Kier alpha value is -2.12. The molecular weight excluding hydrogens is 248 g/mol. The first kappa shape index (κ1) is 12.9. The van der Waals surface area contributed by atoms with Crippen molar-refractivity contribution in [3.63, 3.8) is 0 Å². The second kappa shape index (κ2) is 5.10. The Kier molecular flexibility index (Phi) is 3.29. The summed E-state index contributed by atoms with van der Waals surface area (Å²) in [6, 6.07) is 11.0. The standard InChI is InChI=1S/C16H18N4/c1-11-7-12(2)20(19-11)16-6-3-13(8-14(16)9-17)10-18-15-4-5-15/h3,6-8,15,18H,4-5,10H2,1-2H3. The van der Waals surface area contributed by atoms with Gasteiger partial charge in [-0.15, -0.1) is 0 Å². The Morgan fingerprint density at radius 3 is 2.75 bits per heavy atom. The fourth-order valence-corrected chi connectivity index (χ4v) is 2.39. The molecule has 1 aliphatic rings. The van der Waals surface area contributed by atoms with E-state index in [1.807, 2.05) is 36.7 Å². The number of nitrogens with one attached hydrogen (secondary N) is 1. The van der Waals surface area contributed by atoms with Crippen LogP contribution in [0.15, 0.2) is 24.3 Å². The molecule has 1 aromatic heterocycles. The molecule has 0 atom stereocenters. The number of hydrogen-bond donors (Lipinski definition) is 1. The highest BCUT2D eigenvalue weighted by Gasteiger charge is 2.20. The summed E-state index contributed by atoms with van der Waals surface area (Å²) in [5, 5.41) is 17.3. The van der Waals surface area contributed by atoms with Crippen molar-refractivity contribution in [2.45, 2.75) is 39.3 Å². The largest absolute Gasteiger partial charge is 0.310 e. The summed E-state index contributed by atoms with van der Waals surface area (Å²) >= 11 is 0. The molecule has 0 saturated heterocycles. The van der Waals surface area contributed by atoms with E-state index < -0.39 is 0 Å². The highest BCUT2D eigenvalue weighted by atomic mass is 15.3. The first-order chi connectivity index (χ1) is 9.67. The summed E-state index contributed by atoms with van der Waals surface area (Å²) in [7, 11) is 0. The quantitative estimate of drug-likeness (QED) is 0.925. The molecule has 1 saturated carbocycles. The predicted octanol–water partition coefficient (Wildman–Crippen LogP) is 2.61. The van der Waals surface area contributed by atoms with Gasteiger partial charge >= 0.3 is 0 Å². The number of rotatable bonds is 4. The minimum Gasteiger partial charge on any atom is -0.310 e. The van der Waals surface area contributed by atoms with Gasteiger partial charge in [0.05, 0.1) is 16.9 Å². The van der Waals surface area contributed by atoms with Gasteiger partial charge in [0, 0.05) is 18.3 Å². The van der Waals surface area contributed by atoms with Gasteiger partial charge in [0.15, 0.2) is 0 Å². The van der Waals surface area contributed by atoms with E-state index in [1.165, 1.54) is 12.8 Å². The minimum atomic E-state index is 0.672. The molecule has 1 fully saturated rings. The van der Waals surface area contributed by atoms with Crippen LogP contribution < -0.4 is 5.32 Å². The van der Waals surface area contributed by atoms with Crippen LogP contribution in [0.3, 0.4) is 0 Å². The molecule has 3 rings (SSSR count). The van der Waals surface area contributed by atoms with Crippen molar-refractivity contribution in [2.24, 2.45) is 0 Å². The molecule has 0 spiro atoms. The predicted molar refractivity (Wildman–Crippen MR) is 77.6 cm³/mol. The van der Waals surface area contributed by atoms with Crippen LogP contribution in [0.25, 0.3) is 5.69 Å². The molecule has 0 unspecified atom stereocenters. The smallest absolute Gasteiger partial charge is 0.101 e.